The summed E-state index contributed by atoms with van der Waals surface area (Å²) in [5, 5.41) is 19.9. The van der Waals surface area contributed by atoms with E-state index < -0.39 is 11.7 Å². The number of ether oxygens (including phenoxy) is 1. The molecule has 0 spiro atoms. The van der Waals surface area contributed by atoms with Crippen molar-refractivity contribution >= 4 is 23.7 Å². The molecule has 0 aromatic carbocycles. The summed E-state index contributed by atoms with van der Waals surface area (Å²) >= 11 is 1.44. The van der Waals surface area contributed by atoms with E-state index in [0.717, 1.165) is 5.75 Å². The van der Waals surface area contributed by atoms with E-state index >= 15 is 0 Å². The van der Waals surface area contributed by atoms with Gasteiger partial charge in [-0.2, -0.15) is 5.26 Å². The third-order valence-corrected chi connectivity index (χ3v) is 2.91. The molecule has 0 unspecified atom stereocenters. The van der Waals surface area contributed by atoms with Gasteiger partial charge in [-0.15, -0.1) is 11.8 Å². The Morgan fingerprint density at radius 1 is 1.68 bits per heavy atom. The van der Waals surface area contributed by atoms with Gasteiger partial charge in [0, 0.05) is 0 Å². The van der Waals surface area contributed by atoms with Crippen LogP contribution in [0.4, 0.5) is 10.6 Å². The molecule has 0 saturated heterocycles. The maximum atomic E-state index is 10.7. The largest absolute Gasteiger partial charge is 0.471 e. The summed E-state index contributed by atoms with van der Waals surface area (Å²) in [6, 6.07) is 3.69. The van der Waals surface area contributed by atoms with Crippen molar-refractivity contribution in [2.45, 2.75) is 31.3 Å². The Bertz CT molecular complexity index is 511. The van der Waals surface area contributed by atoms with E-state index in [4.69, 9.17) is 15.1 Å². The number of hydrogen-bond acceptors (Lipinski definition) is 5. The van der Waals surface area contributed by atoms with E-state index in [9.17, 15) is 4.79 Å². The molecule has 0 radical (unpaired) electrons. The number of nitrogens with one attached hydrogen (secondary N) is 1. The van der Waals surface area contributed by atoms with Gasteiger partial charge >= 0.3 is 6.09 Å². The summed E-state index contributed by atoms with van der Waals surface area (Å²) in [7, 11) is 0. The lowest BCUT2D eigenvalue weighted by molar-refractivity contribution is 0.169. The standard InChI is InChI=1S/C12H15N3O3S/c1-4-19-9-5-8(18-12(2,3)7-13)6-14-10(9)15-11(16)17/h5-6H,4H2,1-3H3,(H,14,15)(H,16,17). The molecule has 0 aliphatic rings. The number of nitrogens with zero attached hydrogens (tertiary/aromatic N) is 2. The molecule has 2 N–H and O–H groups in total. The van der Waals surface area contributed by atoms with Gasteiger partial charge < -0.3 is 9.84 Å². The van der Waals surface area contributed by atoms with Crippen molar-refractivity contribution in [1.29, 1.82) is 5.26 Å². The molecule has 0 aliphatic heterocycles. The van der Waals surface area contributed by atoms with Crippen molar-refractivity contribution < 1.29 is 14.6 Å². The van der Waals surface area contributed by atoms with Crippen molar-refractivity contribution in [2.24, 2.45) is 0 Å². The zero-order chi connectivity index (χ0) is 14.5. The van der Waals surface area contributed by atoms with E-state index in [-0.39, 0.29) is 5.82 Å². The smallest absolute Gasteiger partial charge is 0.410 e. The Kier molecular flexibility index (Phi) is 5.01. The van der Waals surface area contributed by atoms with Gasteiger partial charge in [0.25, 0.3) is 0 Å². The second-order valence-corrected chi connectivity index (χ2v) is 5.41. The first-order valence-corrected chi connectivity index (χ1v) is 6.59. The fourth-order valence-electron chi connectivity index (χ4n) is 1.26. The maximum absolute atomic E-state index is 10.7. The first-order valence-electron chi connectivity index (χ1n) is 5.61. The number of carbonyl (C=O) groups is 1. The fourth-order valence-corrected chi connectivity index (χ4v) is 2.01. The number of rotatable bonds is 5. The monoisotopic (exact) mass is 281 g/mol. The normalized spacial score (nSPS) is 10.6. The number of anilines is 1. The highest BCUT2D eigenvalue weighted by Gasteiger charge is 2.19. The van der Waals surface area contributed by atoms with Crippen molar-refractivity contribution in [3.8, 4) is 11.8 Å². The molecule has 1 heterocycles. The van der Waals surface area contributed by atoms with Crippen LogP contribution in [0.15, 0.2) is 17.2 Å². The van der Waals surface area contributed by atoms with Crippen LogP contribution in [0.2, 0.25) is 0 Å². The minimum absolute atomic E-state index is 0.265. The molecule has 0 aliphatic carbocycles. The predicted molar refractivity (Wildman–Crippen MR) is 72.6 cm³/mol. The molecule has 0 fully saturated rings. The molecular formula is C12H15N3O3S. The fraction of sp³-hybridized carbons (Fsp3) is 0.417. The predicted octanol–water partition coefficient (Wildman–Crippen LogP) is 2.96. The van der Waals surface area contributed by atoms with Crippen molar-refractivity contribution in [1.82, 2.24) is 4.98 Å². The number of amides is 1. The SMILES string of the molecule is CCSc1cc(OC(C)(C)C#N)cnc1NC(=O)O. The Hall–Kier alpha value is -1.94. The summed E-state index contributed by atoms with van der Waals surface area (Å²) < 4.78 is 5.49. The first kappa shape index (κ1) is 15.1. The number of nitriles is 1. The summed E-state index contributed by atoms with van der Waals surface area (Å²) in [4.78, 5) is 15.3. The van der Waals surface area contributed by atoms with Crippen LogP contribution >= 0.6 is 11.8 Å². The molecule has 102 valence electrons. The molecule has 7 heteroatoms. The van der Waals surface area contributed by atoms with Crippen LogP contribution < -0.4 is 10.1 Å². The number of thioether (sulfide) groups is 1. The van der Waals surface area contributed by atoms with Crippen LogP contribution in [0, 0.1) is 11.3 Å². The van der Waals surface area contributed by atoms with Gasteiger partial charge in [-0.25, -0.2) is 9.78 Å². The highest BCUT2D eigenvalue weighted by Crippen LogP contribution is 2.30. The van der Waals surface area contributed by atoms with E-state index in [2.05, 4.69) is 10.3 Å². The van der Waals surface area contributed by atoms with Gasteiger partial charge in [0.1, 0.15) is 17.6 Å². The summed E-state index contributed by atoms with van der Waals surface area (Å²) in [5.41, 5.74) is -0.961. The molecule has 1 aromatic heterocycles. The number of aromatic nitrogens is 1. The van der Waals surface area contributed by atoms with E-state index in [1.54, 1.807) is 19.9 Å². The molecule has 19 heavy (non-hydrogen) atoms. The number of hydrogen-bond donors (Lipinski definition) is 2. The zero-order valence-electron chi connectivity index (χ0n) is 10.9. The third kappa shape index (κ3) is 4.67. The third-order valence-electron chi connectivity index (χ3n) is 2.00. The zero-order valence-corrected chi connectivity index (χ0v) is 11.7. The molecule has 6 nitrogen and oxygen atoms in total. The van der Waals surface area contributed by atoms with Crippen molar-refractivity contribution in [3.63, 3.8) is 0 Å². The minimum Gasteiger partial charge on any atom is -0.471 e. The molecule has 1 amide bonds. The average molecular weight is 281 g/mol. The van der Waals surface area contributed by atoms with Crippen molar-refractivity contribution in [3.05, 3.63) is 12.3 Å². The molecule has 1 rings (SSSR count). The first-order chi connectivity index (χ1) is 8.88. The lowest BCUT2D eigenvalue weighted by atomic mass is 10.2. The van der Waals surface area contributed by atoms with Crippen LogP contribution in [0.5, 0.6) is 5.75 Å². The molecule has 1 aromatic rings. The Morgan fingerprint density at radius 2 is 2.37 bits per heavy atom. The Labute approximate surface area is 115 Å². The minimum atomic E-state index is -1.17. The van der Waals surface area contributed by atoms with Gasteiger partial charge in [0.05, 0.1) is 11.1 Å². The molecule has 0 saturated carbocycles. The van der Waals surface area contributed by atoms with Crippen LogP contribution in [0.1, 0.15) is 20.8 Å². The highest BCUT2D eigenvalue weighted by atomic mass is 32.2. The van der Waals surface area contributed by atoms with Crippen LogP contribution in [-0.2, 0) is 0 Å². The quantitative estimate of drug-likeness (QED) is 0.806. The number of carboxylic acid groups (broad SMARTS) is 1. The van der Waals surface area contributed by atoms with Crippen LogP contribution in [-0.4, -0.2) is 27.5 Å². The molecule has 0 atom stereocenters. The second-order valence-electron chi connectivity index (χ2n) is 4.11. The van der Waals surface area contributed by atoms with E-state index in [1.165, 1.54) is 18.0 Å². The topological polar surface area (TPSA) is 95.2 Å². The lowest BCUT2D eigenvalue weighted by Gasteiger charge is -2.19. The Morgan fingerprint density at radius 3 is 2.89 bits per heavy atom. The summed E-state index contributed by atoms with van der Waals surface area (Å²) in [6.45, 7) is 5.23. The lowest BCUT2D eigenvalue weighted by Crippen LogP contribution is -2.25. The highest BCUT2D eigenvalue weighted by molar-refractivity contribution is 7.99. The summed E-state index contributed by atoms with van der Waals surface area (Å²) in [5.74, 6) is 1.46. The van der Waals surface area contributed by atoms with Crippen molar-refractivity contribution in [2.75, 3.05) is 11.1 Å². The van der Waals surface area contributed by atoms with Gasteiger partial charge in [0.2, 0.25) is 0 Å². The van der Waals surface area contributed by atoms with Crippen LogP contribution in [0.25, 0.3) is 0 Å². The average Bonchev–Trinajstić information content (AvgIpc) is 2.32. The van der Waals surface area contributed by atoms with Crippen LogP contribution in [0.3, 0.4) is 0 Å². The van der Waals surface area contributed by atoms with Gasteiger partial charge in [-0.1, -0.05) is 6.92 Å². The summed E-state index contributed by atoms with van der Waals surface area (Å²) in [6.07, 6.45) is 0.223. The number of pyridine rings is 1. The second kappa shape index (κ2) is 6.29. The molecular weight excluding hydrogens is 266 g/mol. The van der Waals surface area contributed by atoms with Gasteiger partial charge in [-0.3, -0.25) is 5.32 Å². The van der Waals surface area contributed by atoms with E-state index in [0.29, 0.717) is 10.6 Å². The van der Waals surface area contributed by atoms with Gasteiger partial charge in [0.15, 0.2) is 5.60 Å². The molecule has 0 bridgehead atoms. The Balaban J connectivity index is 3.02. The maximum Gasteiger partial charge on any atom is 0.410 e. The van der Waals surface area contributed by atoms with E-state index in [1.807, 2.05) is 13.0 Å². The van der Waals surface area contributed by atoms with Gasteiger partial charge in [-0.05, 0) is 25.7 Å².